The van der Waals surface area contributed by atoms with Gasteiger partial charge in [-0.3, -0.25) is 4.79 Å². The Kier molecular flexibility index (Phi) is 6.25. The fraction of sp³-hybridized carbons (Fsp3) is 0.0476. The van der Waals surface area contributed by atoms with Crippen LogP contribution in [-0.2, 0) is 10.1 Å². The summed E-state index contributed by atoms with van der Waals surface area (Å²) >= 11 is 0. The number of amides is 1. The number of hydrogen-bond donors (Lipinski definition) is 1. The minimum absolute atomic E-state index is 0.0609. The van der Waals surface area contributed by atoms with Gasteiger partial charge in [0.15, 0.2) is 0 Å². The molecule has 0 saturated heterocycles. The van der Waals surface area contributed by atoms with Gasteiger partial charge in [-0.25, -0.2) is 5.43 Å². The highest BCUT2D eigenvalue weighted by Crippen LogP contribution is 2.19. The van der Waals surface area contributed by atoms with Crippen molar-refractivity contribution < 1.29 is 22.1 Å². The summed E-state index contributed by atoms with van der Waals surface area (Å²) in [6.07, 6.45) is 1.39. The van der Waals surface area contributed by atoms with E-state index in [4.69, 9.17) is 8.92 Å². The maximum atomic E-state index is 12.3. The van der Waals surface area contributed by atoms with Crippen LogP contribution in [0.5, 0.6) is 11.5 Å². The van der Waals surface area contributed by atoms with Crippen LogP contribution < -0.4 is 14.3 Å². The molecule has 0 atom stereocenters. The lowest BCUT2D eigenvalue weighted by atomic mass is 10.2. The van der Waals surface area contributed by atoms with Gasteiger partial charge < -0.3 is 8.92 Å². The zero-order chi connectivity index (χ0) is 20.7. The molecule has 0 spiro atoms. The number of nitrogens with one attached hydrogen (secondary N) is 1. The SMILES string of the molecule is COc1ccc(C(=O)N/N=C\c2cccc(OS(=O)(=O)c3ccccc3)c2)cc1. The van der Waals surface area contributed by atoms with Gasteiger partial charge >= 0.3 is 10.1 Å². The first-order valence-corrected chi connectivity index (χ1v) is 9.96. The number of benzene rings is 3. The van der Waals surface area contributed by atoms with E-state index in [1.165, 1.54) is 30.5 Å². The lowest BCUT2D eigenvalue weighted by Gasteiger charge is -2.07. The molecule has 0 aromatic heterocycles. The summed E-state index contributed by atoms with van der Waals surface area (Å²) in [5.41, 5.74) is 3.39. The van der Waals surface area contributed by atoms with E-state index in [0.717, 1.165) is 0 Å². The molecule has 0 aliphatic carbocycles. The molecule has 148 valence electrons. The van der Waals surface area contributed by atoms with Crippen LogP contribution in [0.3, 0.4) is 0 Å². The van der Waals surface area contributed by atoms with Crippen LogP contribution in [0.4, 0.5) is 0 Å². The van der Waals surface area contributed by atoms with Gasteiger partial charge in [-0.2, -0.15) is 13.5 Å². The summed E-state index contributed by atoms with van der Waals surface area (Å²) in [5, 5.41) is 3.90. The average molecular weight is 410 g/mol. The van der Waals surface area contributed by atoms with E-state index >= 15 is 0 Å². The third-order valence-electron chi connectivity index (χ3n) is 3.83. The number of ether oxygens (including phenoxy) is 1. The largest absolute Gasteiger partial charge is 0.497 e. The molecule has 3 rings (SSSR count). The van der Waals surface area contributed by atoms with Gasteiger partial charge in [-0.05, 0) is 54.1 Å². The van der Waals surface area contributed by atoms with E-state index in [0.29, 0.717) is 16.9 Å². The van der Waals surface area contributed by atoms with Gasteiger partial charge in [-0.15, -0.1) is 0 Å². The van der Waals surface area contributed by atoms with Crippen molar-refractivity contribution in [1.82, 2.24) is 5.43 Å². The number of methoxy groups -OCH3 is 1. The monoisotopic (exact) mass is 410 g/mol. The molecule has 8 heteroatoms. The Morgan fingerprint density at radius 3 is 2.34 bits per heavy atom. The van der Waals surface area contributed by atoms with E-state index in [-0.39, 0.29) is 16.6 Å². The normalized spacial score (nSPS) is 11.2. The molecule has 3 aromatic carbocycles. The van der Waals surface area contributed by atoms with E-state index in [1.807, 2.05) is 0 Å². The van der Waals surface area contributed by atoms with Gasteiger partial charge in [-0.1, -0.05) is 30.3 Å². The maximum absolute atomic E-state index is 12.3. The topological polar surface area (TPSA) is 94.1 Å². The van der Waals surface area contributed by atoms with Crippen molar-refractivity contribution in [1.29, 1.82) is 0 Å². The van der Waals surface area contributed by atoms with Gasteiger partial charge in [0, 0.05) is 5.56 Å². The van der Waals surface area contributed by atoms with Crippen LogP contribution in [0.1, 0.15) is 15.9 Å². The van der Waals surface area contributed by atoms with Crippen LogP contribution in [-0.4, -0.2) is 27.6 Å². The summed E-state index contributed by atoms with van der Waals surface area (Å²) < 4.78 is 34.8. The Bertz CT molecular complexity index is 1110. The van der Waals surface area contributed by atoms with E-state index in [1.54, 1.807) is 61.7 Å². The molecule has 1 amide bonds. The Labute approximate surface area is 168 Å². The Morgan fingerprint density at radius 1 is 0.931 bits per heavy atom. The fourth-order valence-electron chi connectivity index (χ4n) is 2.38. The standard InChI is InChI=1S/C21H18N2O5S/c1-27-18-12-10-17(11-13-18)21(24)23-22-15-16-6-5-7-19(14-16)28-29(25,26)20-8-3-2-4-9-20/h2-15H,1H3,(H,23,24)/b22-15-. The average Bonchev–Trinajstić information content (AvgIpc) is 2.74. The highest BCUT2D eigenvalue weighted by Gasteiger charge is 2.15. The molecular formula is C21H18N2O5S. The molecule has 0 saturated carbocycles. The minimum Gasteiger partial charge on any atom is -0.497 e. The van der Waals surface area contributed by atoms with Gasteiger partial charge in [0.2, 0.25) is 0 Å². The highest BCUT2D eigenvalue weighted by molar-refractivity contribution is 7.87. The first-order valence-electron chi connectivity index (χ1n) is 8.55. The smallest absolute Gasteiger partial charge is 0.339 e. The highest BCUT2D eigenvalue weighted by atomic mass is 32.2. The summed E-state index contributed by atoms with van der Waals surface area (Å²) in [6.45, 7) is 0. The first kappa shape index (κ1) is 20.1. The molecule has 0 unspecified atom stereocenters. The number of hydrogen-bond acceptors (Lipinski definition) is 6. The van der Waals surface area contributed by atoms with Crippen molar-refractivity contribution in [2.45, 2.75) is 4.90 Å². The van der Waals surface area contributed by atoms with Crippen molar-refractivity contribution in [3.8, 4) is 11.5 Å². The molecular weight excluding hydrogens is 392 g/mol. The van der Waals surface area contributed by atoms with Crippen molar-refractivity contribution in [2.75, 3.05) is 7.11 Å². The van der Waals surface area contributed by atoms with E-state index in [2.05, 4.69) is 10.5 Å². The van der Waals surface area contributed by atoms with Crippen LogP contribution >= 0.6 is 0 Å². The fourth-order valence-corrected chi connectivity index (χ4v) is 3.32. The lowest BCUT2D eigenvalue weighted by molar-refractivity contribution is 0.0955. The molecule has 1 N–H and O–H groups in total. The molecule has 0 radical (unpaired) electrons. The molecule has 0 bridgehead atoms. The number of nitrogens with zero attached hydrogens (tertiary/aromatic N) is 1. The number of carbonyl (C=O) groups is 1. The second-order valence-corrected chi connectivity index (χ2v) is 7.40. The maximum Gasteiger partial charge on any atom is 0.339 e. The number of hydrazone groups is 1. The van der Waals surface area contributed by atoms with E-state index in [9.17, 15) is 13.2 Å². The van der Waals surface area contributed by atoms with Gasteiger partial charge in [0.1, 0.15) is 16.4 Å². The van der Waals surface area contributed by atoms with E-state index < -0.39 is 10.1 Å². The third kappa shape index (κ3) is 5.43. The Hall–Kier alpha value is -3.65. The molecule has 3 aromatic rings. The molecule has 29 heavy (non-hydrogen) atoms. The lowest BCUT2D eigenvalue weighted by Crippen LogP contribution is -2.17. The van der Waals surface area contributed by atoms with Crippen LogP contribution in [0, 0.1) is 0 Å². The number of rotatable bonds is 7. The second kappa shape index (κ2) is 9.03. The summed E-state index contributed by atoms with van der Waals surface area (Å²) in [5.74, 6) is 0.398. The second-order valence-electron chi connectivity index (χ2n) is 5.85. The third-order valence-corrected chi connectivity index (χ3v) is 5.09. The summed E-state index contributed by atoms with van der Waals surface area (Å²) in [4.78, 5) is 12.1. The Balaban J connectivity index is 1.65. The predicted molar refractivity (Wildman–Crippen MR) is 109 cm³/mol. The van der Waals surface area contributed by atoms with Crippen molar-refractivity contribution in [2.24, 2.45) is 5.10 Å². The zero-order valence-electron chi connectivity index (χ0n) is 15.5. The molecule has 7 nitrogen and oxygen atoms in total. The van der Waals surface area contributed by atoms with Crippen LogP contribution in [0.25, 0.3) is 0 Å². The van der Waals surface area contributed by atoms with Gasteiger partial charge in [0.05, 0.1) is 13.3 Å². The zero-order valence-corrected chi connectivity index (χ0v) is 16.3. The quantitative estimate of drug-likeness (QED) is 0.367. The van der Waals surface area contributed by atoms with Crippen LogP contribution in [0.2, 0.25) is 0 Å². The number of carbonyl (C=O) groups excluding carboxylic acids is 1. The summed E-state index contributed by atoms with van der Waals surface area (Å²) in [6, 6.07) is 20.8. The predicted octanol–water partition coefficient (Wildman–Crippen LogP) is 3.23. The minimum atomic E-state index is -3.93. The van der Waals surface area contributed by atoms with Crippen molar-refractivity contribution in [3.63, 3.8) is 0 Å². The van der Waals surface area contributed by atoms with Crippen molar-refractivity contribution >= 4 is 22.2 Å². The Morgan fingerprint density at radius 2 is 1.66 bits per heavy atom. The summed E-state index contributed by atoms with van der Waals surface area (Å²) in [7, 11) is -2.39. The van der Waals surface area contributed by atoms with Gasteiger partial charge in [0.25, 0.3) is 5.91 Å². The first-order chi connectivity index (χ1) is 14.0. The molecule has 0 fully saturated rings. The van der Waals surface area contributed by atoms with Crippen LogP contribution in [0.15, 0.2) is 88.9 Å². The molecule has 0 heterocycles. The molecule has 0 aliphatic heterocycles. The van der Waals surface area contributed by atoms with Crippen molar-refractivity contribution in [3.05, 3.63) is 90.0 Å². The molecule has 0 aliphatic rings.